The maximum atomic E-state index is 11.5. The van der Waals surface area contributed by atoms with Crippen molar-refractivity contribution in [2.75, 3.05) is 6.61 Å². The van der Waals surface area contributed by atoms with E-state index in [1.807, 2.05) is 6.92 Å². The Morgan fingerprint density at radius 1 is 1.43 bits per heavy atom. The first-order chi connectivity index (χ1) is 6.65. The van der Waals surface area contributed by atoms with Gasteiger partial charge in [0.1, 0.15) is 6.10 Å². The smallest absolute Gasteiger partial charge is 0.303 e. The van der Waals surface area contributed by atoms with Crippen molar-refractivity contribution in [3.05, 3.63) is 0 Å². The Labute approximate surface area is 83.2 Å². The summed E-state index contributed by atoms with van der Waals surface area (Å²) in [7, 11) is 0. The van der Waals surface area contributed by atoms with E-state index >= 15 is 0 Å². The van der Waals surface area contributed by atoms with Crippen LogP contribution < -0.4 is 0 Å². The quantitative estimate of drug-likeness (QED) is 0.671. The van der Waals surface area contributed by atoms with Crippen molar-refractivity contribution < 1.29 is 19.4 Å². The Morgan fingerprint density at radius 2 is 2.07 bits per heavy atom. The van der Waals surface area contributed by atoms with E-state index in [-0.39, 0.29) is 24.7 Å². The highest BCUT2D eigenvalue weighted by Gasteiger charge is 2.36. The molecule has 4 heteroatoms. The SMILES string of the molecule is CCOC(C(=O)CCC(=O)O)C1CC1. The summed E-state index contributed by atoms with van der Waals surface area (Å²) in [5.74, 6) is -0.641. The van der Waals surface area contributed by atoms with E-state index in [2.05, 4.69) is 0 Å². The number of ether oxygens (including phenoxy) is 1. The molecule has 0 radical (unpaired) electrons. The molecule has 0 aromatic heterocycles. The minimum absolute atomic E-state index is 0.0586. The van der Waals surface area contributed by atoms with Crippen molar-refractivity contribution in [3.63, 3.8) is 0 Å². The second-order valence-corrected chi connectivity index (χ2v) is 3.57. The van der Waals surface area contributed by atoms with Crippen molar-refractivity contribution in [1.82, 2.24) is 0 Å². The van der Waals surface area contributed by atoms with Gasteiger partial charge in [-0.05, 0) is 25.7 Å². The van der Waals surface area contributed by atoms with Gasteiger partial charge in [-0.2, -0.15) is 0 Å². The maximum Gasteiger partial charge on any atom is 0.303 e. The maximum absolute atomic E-state index is 11.5. The molecule has 14 heavy (non-hydrogen) atoms. The topological polar surface area (TPSA) is 63.6 Å². The number of carboxylic acids is 1. The van der Waals surface area contributed by atoms with Gasteiger partial charge in [0.25, 0.3) is 0 Å². The molecular weight excluding hydrogens is 184 g/mol. The molecule has 0 aromatic carbocycles. The predicted molar refractivity (Wildman–Crippen MR) is 50.0 cm³/mol. The molecule has 1 atom stereocenters. The molecule has 1 saturated carbocycles. The summed E-state index contributed by atoms with van der Waals surface area (Å²) >= 11 is 0. The number of hydrogen-bond donors (Lipinski definition) is 1. The van der Waals surface area contributed by atoms with E-state index in [9.17, 15) is 9.59 Å². The van der Waals surface area contributed by atoms with Crippen LogP contribution in [0.5, 0.6) is 0 Å². The van der Waals surface area contributed by atoms with E-state index in [0.29, 0.717) is 12.5 Å². The molecule has 1 aliphatic rings. The van der Waals surface area contributed by atoms with Gasteiger partial charge >= 0.3 is 5.97 Å². The van der Waals surface area contributed by atoms with Gasteiger partial charge in [0.2, 0.25) is 0 Å². The molecule has 1 N–H and O–H groups in total. The number of ketones is 1. The third-order valence-corrected chi connectivity index (χ3v) is 2.30. The third kappa shape index (κ3) is 3.46. The van der Waals surface area contributed by atoms with E-state index in [1.165, 1.54) is 0 Å². The zero-order chi connectivity index (χ0) is 10.6. The molecule has 4 nitrogen and oxygen atoms in total. The highest BCUT2D eigenvalue weighted by atomic mass is 16.5. The molecule has 80 valence electrons. The van der Waals surface area contributed by atoms with Crippen LogP contribution in [-0.4, -0.2) is 29.6 Å². The summed E-state index contributed by atoms with van der Waals surface area (Å²) in [4.78, 5) is 21.8. The Bertz CT molecular complexity index is 220. The average molecular weight is 200 g/mol. The first-order valence-electron chi connectivity index (χ1n) is 5.01. The highest BCUT2D eigenvalue weighted by molar-refractivity contribution is 5.86. The van der Waals surface area contributed by atoms with Crippen LogP contribution in [0.1, 0.15) is 32.6 Å². The fraction of sp³-hybridized carbons (Fsp3) is 0.800. The van der Waals surface area contributed by atoms with Crippen LogP contribution in [0.3, 0.4) is 0 Å². The van der Waals surface area contributed by atoms with Gasteiger partial charge in [-0.3, -0.25) is 9.59 Å². The lowest BCUT2D eigenvalue weighted by Crippen LogP contribution is -2.27. The lowest BCUT2D eigenvalue weighted by molar-refractivity contribution is -0.140. The minimum Gasteiger partial charge on any atom is -0.481 e. The number of rotatable bonds is 7. The molecule has 0 aliphatic heterocycles. The molecular formula is C10H16O4. The number of carboxylic acid groups (broad SMARTS) is 1. The molecule has 0 bridgehead atoms. The number of carbonyl (C=O) groups excluding carboxylic acids is 1. The summed E-state index contributed by atoms with van der Waals surface area (Å²) in [6, 6.07) is 0. The molecule has 0 saturated heterocycles. The van der Waals surface area contributed by atoms with Crippen LogP contribution in [0.15, 0.2) is 0 Å². The normalized spacial score (nSPS) is 17.8. The van der Waals surface area contributed by atoms with Gasteiger partial charge in [0.05, 0.1) is 6.42 Å². The van der Waals surface area contributed by atoms with Crippen molar-refractivity contribution >= 4 is 11.8 Å². The van der Waals surface area contributed by atoms with Crippen molar-refractivity contribution in [2.24, 2.45) is 5.92 Å². The zero-order valence-corrected chi connectivity index (χ0v) is 8.36. The van der Waals surface area contributed by atoms with Gasteiger partial charge < -0.3 is 9.84 Å². The first kappa shape index (κ1) is 11.2. The van der Waals surface area contributed by atoms with Crippen LogP contribution in [0.2, 0.25) is 0 Å². The first-order valence-corrected chi connectivity index (χ1v) is 5.01. The molecule has 0 heterocycles. The van der Waals surface area contributed by atoms with Crippen molar-refractivity contribution in [2.45, 2.75) is 38.7 Å². The summed E-state index contributed by atoms with van der Waals surface area (Å²) < 4.78 is 5.32. The number of hydrogen-bond acceptors (Lipinski definition) is 3. The third-order valence-electron chi connectivity index (χ3n) is 2.30. The Balaban J connectivity index is 2.34. The molecule has 0 spiro atoms. The van der Waals surface area contributed by atoms with Crippen LogP contribution in [0.4, 0.5) is 0 Å². The fourth-order valence-electron chi connectivity index (χ4n) is 1.44. The Morgan fingerprint density at radius 3 is 2.50 bits per heavy atom. The minimum atomic E-state index is -0.926. The van der Waals surface area contributed by atoms with Gasteiger partial charge in [0.15, 0.2) is 5.78 Å². The van der Waals surface area contributed by atoms with Gasteiger partial charge in [-0.25, -0.2) is 0 Å². The van der Waals surface area contributed by atoms with Crippen LogP contribution in [-0.2, 0) is 14.3 Å². The van der Waals surface area contributed by atoms with Gasteiger partial charge in [-0.15, -0.1) is 0 Å². The lowest BCUT2D eigenvalue weighted by atomic mass is 10.1. The Hall–Kier alpha value is -0.900. The highest BCUT2D eigenvalue weighted by Crippen LogP contribution is 2.35. The summed E-state index contributed by atoms with van der Waals surface area (Å²) in [6.07, 6.45) is 1.72. The Kier molecular flexibility index (Phi) is 4.07. The van der Waals surface area contributed by atoms with Crippen molar-refractivity contribution in [1.29, 1.82) is 0 Å². The van der Waals surface area contributed by atoms with E-state index in [4.69, 9.17) is 9.84 Å². The van der Waals surface area contributed by atoms with Crippen molar-refractivity contribution in [3.8, 4) is 0 Å². The summed E-state index contributed by atoms with van der Waals surface area (Å²) in [5.41, 5.74) is 0. The second-order valence-electron chi connectivity index (χ2n) is 3.57. The summed E-state index contributed by atoms with van der Waals surface area (Å²) in [5, 5.41) is 8.44. The predicted octanol–water partition coefficient (Wildman–Crippen LogP) is 1.24. The zero-order valence-electron chi connectivity index (χ0n) is 8.36. The van der Waals surface area contributed by atoms with E-state index in [0.717, 1.165) is 12.8 Å². The average Bonchev–Trinajstić information content (AvgIpc) is 2.93. The van der Waals surface area contributed by atoms with Gasteiger partial charge in [-0.1, -0.05) is 0 Å². The standard InChI is InChI=1S/C10H16O4/c1-2-14-10(7-3-4-7)8(11)5-6-9(12)13/h7,10H,2-6H2,1H3,(H,12,13). The monoisotopic (exact) mass is 200 g/mol. The molecule has 0 aromatic rings. The molecule has 0 amide bonds. The summed E-state index contributed by atoms with van der Waals surface area (Å²) in [6.45, 7) is 2.36. The fourth-order valence-corrected chi connectivity index (χ4v) is 1.44. The number of aliphatic carboxylic acids is 1. The molecule has 1 fully saturated rings. The van der Waals surface area contributed by atoms with Crippen LogP contribution in [0.25, 0.3) is 0 Å². The van der Waals surface area contributed by atoms with Crippen LogP contribution in [0, 0.1) is 5.92 Å². The second kappa shape index (κ2) is 5.10. The van der Waals surface area contributed by atoms with Gasteiger partial charge in [0, 0.05) is 13.0 Å². The van der Waals surface area contributed by atoms with E-state index in [1.54, 1.807) is 0 Å². The number of Topliss-reactive ketones (excluding diaryl/α,β-unsaturated/α-hetero) is 1. The molecule has 1 rings (SSSR count). The van der Waals surface area contributed by atoms with Crippen LogP contribution >= 0.6 is 0 Å². The molecule has 1 unspecified atom stereocenters. The largest absolute Gasteiger partial charge is 0.481 e. The lowest BCUT2D eigenvalue weighted by Gasteiger charge is -2.14. The van der Waals surface area contributed by atoms with E-state index < -0.39 is 5.97 Å². The molecule has 1 aliphatic carbocycles. The number of carbonyl (C=O) groups is 2.